The Bertz CT molecular complexity index is 256. The fourth-order valence-corrected chi connectivity index (χ4v) is 3.11. The first-order chi connectivity index (χ1) is 6.56. The molecule has 0 radical (unpaired) electrons. The van der Waals surface area contributed by atoms with Crippen LogP contribution in [-0.4, -0.2) is 45.2 Å². The van der Waals surface area contributed by atoms with E-state index in [0.29, 0.717) is 25.6 Å². The molecule has 1 aliphatic rings. The van der Waals surface area contributed by atoms with E-state index in [4.69, 9.17) is 0 Å². The minimum absolute atomic E-state index is 0.220. The van der Waals surface area contributed by atoms with E-state index in [9.17, 15) is 8.42 Å². The highest BCUT2D eigenvalue weighted by molar-refractivity contribution is 7.89. The molecule has 0 unspecified atom stereocenters. The number of nitrogens with one attached hydrogen (secondary N) is 1. The fraction of sp³-hybridized carbons (Fsp3) is 1.00. The van der Waals surface area contributed by atoms with Crippen LogP contribution in [0.25, 0.3) is 0 Å². The summed E-state index contributed by atoms with van der Waals surface area (Å²) in [6, 6.07) is 0. The van der Waals surface area contributed by atoms with Crippen molar-refractivity contribution in [3.63, 3.8) is 0 Å². The first-order valence-electron chi connectivity index (χ1n) is 5.18. The SMILES string of the molecule is CNCCS(=O)(=O)N1CCC(C)CC1. The van der Waals surface area contributed by atoms with Crippen molar-refractivity contribution in [2.24, 2.45) is 5.92 Å². The molecule has 0 bridgehead atoms. The predicted molar refractivity (Wildman–Crippen MR) is 57.7 cm³/mol. The molecule has 1 saturated heterocycles. The number of sulfonamides is 1. The van der Waals surface area contributed by atoms with Gasteiger partial charge in [-0.05, 0) is 25.8 Å². The molecule has 1 N–H and O–H groups in total. The number of hydrogen-bond donors (Lipinski definition) is 1. The molecule has 0 atom stereocenters. The van der Waals surface area contributed by atoms with Crippen LogP contribution in [0, 0.1) is 5.92 Å². The van der Waals surface area contributed by atoms with Gasteiger partial charge in [-0.3, -0.25) is 0 Å². The fourth-order valence-electron chi connectivity index (χ4n) is 1.62. The van der Waals surface area contributed by atoms with Gasteiger partial charge in [0.05, 0.1) is 5.75 Å². The third-order valence-corrected chi connectivity index (χ3v) is 4.62. The van der Waals surface area contributed by atoms with Crippen molar-refractivity contribution in [3.8, 4) is 0 Å². The maximum atomic E-state index is 11.7. The van der Waals surface area contributed by atoms with Gasteiger partial charge in [0.15, 0.2) is 0 Å². The van der Waals surface area contributed by atoms with Crippen LogP contribution in [0.5, 0.6) is 0 Å². The molecule has 1 fully saturated rings. The molecule has 5 heteroatoms. The van der Waals surface area contributed by atoms with Crippen molar-refractivity contribution in [1.82, 2.24) is 9.62 Å². The molecule has 1 aliphatic heterocycles. The van der Waals surface area contributed by atoms with Gasteiger partial charge >= 0.3 is 0 Å². The molecule has 0 spiro atoms. The van der Waals surface area contributed by atoms with Crippen LogP contribution in [0.2, 0.25) is 0 Å². The average molecular weight is 220 g/mol. The monoisotopic (exact) mass is 220 g/mol. The van der Waals surface area contributed by atoms with Crippen molar-refractivity contribution < 1.29 is 8.42 Å². The van der Waals surface area contributed by atoms with E-state index in [1.807, 2.05) is 0 Å². The van der Waals surface area contributed by atoms with E-state index in [0.717, 1.165) is 12.8 Å². The lowest BCUT2D eigenvalue weighted by atomic mass is 10.0. The van der Waals surface area contributed by atoms with E-state index in [1.165, 1.54) is 0 Å². The van der Waals surface area contributed by atoms with Crippen LogP contribution in [0.1, 0.15) is 19.8 Å². The highest BCUT2D eigenvalue weighted by atomic mass is 32.2. The third kappa shape index (κ3) is 3.22. The Labute approximate surface area is 86.7 Å². The Balaban J connectivity index is 2.47. The molecule has 0 aromatic carbocycles. The van der Waals surface area contributed by atoms with Crippen molar-refractivity contribution in [3.05, 3.63) is 0 Å². The van der Waals surface area contributed by atoms with Gasteiger partial charge < -0.3 is 5.32 Å². The molecule has 1 rings (SSSR count). The van der Waals surface area contributed by atoms with Crippen LogP contribution >= 0.6 is 0 Å². The maximum Gasteiger partial charge on any atom is 0.215 e. The molecule has 84 valence electrons. The molecule has 0 saturated carbocycles. The van der Waals surface area contributed by atoms with Crippen LogP contribution in [0.15, 0.2) is 0 Å². The number of hydrogen-bond acceptors (Lipinski definition) is 3. The quantitative estimate of drug-likeness (QED) is 0.740. The zero-order valence-corrected chi connectivity index (χ0v) is 9.81. The van der Waals surface area contributed by atoms with Gasteiger partial charge in [0, 0.05) is 19.6 Å². The Morgan fingerprint density at radius 3 is 2.43 bits per heavy atom. The van der Waals surface area contributed by atoms with Gasteiger partial charge in [0.2, 0.25) is 10.0 Å². The van der Waals surface area contributed by atoms with Gasteiger partial charge in [-0.2, -0.15) is 0 Å². The molecule has 4 nitrogen and oxygen atoms in total. The van der Waals surface area contributed by atoms with E-state index < -0.39 is 10.0 Å². The summed E-state index contributed by atoms with van der Waals surface area (Å²) in [4.78, 5) is 0. The lowest BCUT2D eigenvalue weighted by Crippen LogP contribution is -2.40. The summed E-state index contributed by atoms with van der Waals surface area (Å²) < 4.78 is 25.1. The summed E-state index contributed by atoms with van der Waals surface area (Å²) in [5.74, 6) is 0.892. The summed E-state index contributed by atoms with van der Waals surface area (Å²) in [5.41, 5.74) is 0. The second-order valence-electron chi connectivity index (χ2n) is 4.00. The van der Waals surface area contributed by atoms with Crippen LogP contribution < -0.4 is 5.32 Å². The van der Waals surface area contributed by atoms with Crippen molar-refractivity contribution in [1.29, 1.82) is 0 Å². The summed E-state index contributed by atoms with van der Waals surface area (Å²) in [6.07, 6.45) is 2.00. The number of nitrogens with zero attached hydrogens (tertiary/aromatic N) is 1. The smallest absolute Gasteiger partial charge is 0.215 e. The van der Waals surface area contributed by atoms with E-state index in [2.05, 4.69) is 12.2 Å². The van der Waals surface area contributed by atoms with E-state index >= 15 is 0 Å². The second kappa shape index (κ2) is 5.09. The summed E-state index contributed by atoms with van der Waals surface area (Å²) >= 11 is 0. The average Bonchev–Trinajstić information content (AvgIpc) is 2.16. The van der Waals surface area contributed by atoms with Crippen LogP contribution in [0.4, 0.5) is 0 Å². The molecule has 0 amide bonds. The summed E-state index contributed by atoms with van der Waals surface area (Å²) in [6.45, 7) is 4.12. The molecule has 0 aromatic heterocycles. The largest absolute Gasteiger partial charge is 0.319 e. The lowest BCUT2D eigenvalue weighted by molar-refractivity contribution is 0.288. The second-order valence-corrected chi connectivity index (χ2v) is 6.09. The minimum atomic E-state index is -3.00. The highest BCUT2D eigenvalue weighted by Crippen LogP contribution is 2.18. The Kier molecular flexibility index (Phi) is 4.34. The predicted octanol–water partition coefficient (Wildman–Crippen LogP) is 0.267. The van der Waals surface area contributed by atoms with Gasteiger partial charge in [-0.25, -0.2) is 12.7 Å². The topological polar surface area (TPSA) is 49.4 Å². The van der Waals surface area contributed by atoms with Gasteiger partial charge in [-0.1, -0.05) is 6.92 Å². The minimum Gasteiger partial charge on any atom is -0.319 e. The van der Waals surface area contributed by atoms with E-state index in [-0.39, 0.29) is 5.75 Å². The zero-order valence-electron chi connectivity index (χ0n) is 8.99. The number of rotatable bonds is 4. The number of piperidine rings is 1. The van der Waals surface area contributed by atoms with Gasteiger partial charge in [0.1, 0.15) is 0 Å². The van der Waals surface area contributed by atoms with Gasteiger partial charge in [-0.15, -0.1) is 0 Å². The zero-order chi connectivity index (χ0) is 10.6. The van der Waals surface area contributed by atoms with Crippen LogP contribution in [-0.2, 0) is 10.0 Å². The molecule has 0 aromatic rings. The Morgan fingerprint density at radius 2 is 1.93 bits per heavy atom. The van der Waals surface area contributed by atoms with Crippen molar-refractivity contribution >= 4 is 10.0 Å². The summed E-state index contributed by atoms with van der Waals surface area (Å²) in [5, 5.41) is 2.87. The van der Waals surface area contributed by atoms with Crippen LogP contribution in [0.3, 0.4) is 0 Å². The first kappa shape index (κ1) is 11.9. The first-order valence-corrected chi connectivity index (χ1v) is 6.79. The maximum absolute atomic E-state index is 11.7. The molecule has 1 heterocycles. The summed E-state index contributed by atoms with van der Waals surface area (Å²) in [7, 11) is -1.23. The van der Waals surface area contributed by atoms with Crippen molar-refractivity contribution in [2.75, 3.05) is 32.4 Å². The Morgan fingerprint density at radius 1 is 1.36 bits per heavy atom. The molecule has 14 heavy (non-hydrogen) atoms. The highest BCUT2D eigenvalue weighted by Gasteiger charge is 2.25. The van der Waals surface area contributed by atoms with Gasteiger partial charge in [0.25, 0.3) is 0 Å². The molecular formula is C9H20N2O2S. The van der Waals surface area contributed by atoms with E-state index in [1.54, 1.807) is 11.4 Å². The Hall–Kier alpha value is -0.130. The molecular weight excluding hydrogens is 200 g/mol. The van der Waals surface area contributed by atoms with Crippen molar-refractivity contribution in [2.45, 2.75) is 19.8 Å². The normalized spacial score (nSPS) is 21.3. The standard InChI is InChI=1S/C9H20N2O2S/c1-9-3-6-11(7-4-9)14(12,13)8-5-10-2/h9-10H,3-8H2,1-2H3. The third-order valence-electron chi connectivity index (χ3n) is 2.75. The lowest BCUT2D eigenvalue weighted by Gasteiger charge is -2.29. The molecule has 0 aliphatic carbocycles.